The van der Waals surface area contributed by atoms with E-state index in [9.17, 15) is 0 Å². The Bertz CT molecular complexity index is 734. The molecule has 5 rings (SSSR count). The lowest BCUT2D eigenvalue weighted by Crippen LogP contribution is -2.49. The predicted octanol–water partition coefficient (Wildman–Crippen LogP) is 5.15. The van der Waals surface area contributed by atoms with Crippen LogP contribution in [0.25, 0.3) is 0 Å². The lowest BCUT2D eigenvalue weighted by molar-refractivity contribution is -0.0778. The Balaban J connectivity index is 1.28. The number of nitrogens with zero attached hydrogens (tertiary/aromatic N) is 4. The zero-order chi connectivity index (χ0) is 20.9. The highest BCUT2D eigenvalue weighted by molar-refractivity contribution is 5.06. The van der Waals surface area contributed by atoms with Gasteiger partial charge in [0.05, 0.1) is 0 Å². The second-order valence-electron chi connectivity index (χ2n) is 11.7. The van der Waals surface area contributed by atoms with E-state index in [0.29, 0.717) is 11.3 Å². The monoisotopic (exact) mass is 414 g/mol. The molecule has 0 aliphatic heterocycles. The number of tetrazole rings is 1. The number of aromatic nitrogens is 4. The molecular formula is C25H42N4O. The van der Waals surface area contributed by atoms with E-state index in [1.165, 1.54) is 57.8 Å². The SMILES string of the molecule is COC[C@H]1CC[C@@H]2C3CC[C@@]4(C)C(CCC4[C@@H](C)Cn4nnnc4C)[C@@H]3CC[C@@H]2C1. The normalized spacial score (nSPS) is 44.2. The van der Waals surface area contributed by atoms with Gasteiger partial charge in [0, 0.05) is 20.3 Å². The van der Waals surface area contributed by atoms with Gasteiger partial charge in [0.25, 0.3) is 0 Å². The molecule has 1 heterocycles. The van der Waals surface area contributed by atoms with E-state index < -0.39 is 0 Å². The third kappa shape index (κ3) is 3.43. The van der Waals surface area contributed by atoms with Gasteiger partial charge in [0.2, 0.25) is 0 Å². The molecule has 0 bridgehead atoms. The van der Waals surface area contributed by atoms with Crippen LogP contribution in [0.3, 0.4) is 0 Å². The maximum Gasteiger partial charge on any atom is 0.148 e. The van der Waals surface area contributed by atoms with Crippen molar-refractivity contribution in [1.29, 1.82) is 0 Å². The maximum atomic E-state index is 5.50. The number of rotatable bonds is 5. The fourth-order valence-electron chi connectivity index (χ4n) is 9.13. The molecule has 0 N–H and O–H groups in total. The summed E-state index contributed by atoms with van der Waals surface area (Å²) in [4.78, 5) is 0. The van der Waals surface area contributed by atoms with Crippen LogP contribution in [0.15, 0.2) is 0 Å². The second-order valence-corrected chi connectivity index (χ2v) is 11.7. The number of methoxy groups -OCH3 is 1. The molecule has 168 valence electrons. The summed E-state index contributed by atoms with van der Waals surface area (Å²) < 4.78 is 7.53. The molecular weight excluding hydrogens is 372 g/mol. The quantitative estimate of drug-likeness (QED) is 0.669. The molecule has 0 radical (unpaired) electrons. The van der Waals surface area contributed by atoms with Crippen molar-refractivity contribution in [3.05, 3.63) is 5.82 Å². The predicted molar refractivity (Wildman–Crippen MR) is 118 cm³/mol. The highest BCUT2D eigenvalue weighted by Crippen LogP contribution is 2.65. The number of hydrogen-bond acceptors (Lipinski definition) is 4. The number of aryl methyl sites for hydroxylation is 1. The van der Waals surface area contributed by atoms with Crippen LogP contribution in [0.5, 0.6) is 0 Å². The minimum Gasteiger partial charge on any atom is -0.384 e. The average Bonchev–Trinajstić information content (AvgIpc) is 3.30. The fourth-order valence-corrected chi connectivity index (χ4v) is 9.13. The molecule has 9 atom stereocenters. The van der Waals surface area contributed by atoms with Gasteiger partial charge in [-0.2, -0.15) is 0 Å². The molecule has 5 heteroatoms. The van der Waals surface area contributed by atoms with Crippen molar-refractivity contribution in [2.45, 2.75) is 85.1 Å². The lowest BCUT2D eigenvalue weighted by atomic mass is 9.49. The maximum absolute atomic E-state index is 5.50. The third-order valence-corrected chi connectivity index (χ3v) is 10.4. The summed E-state index contributed by atoms with van der Waals surface area (Å²) in [6.45, 7) is 9.11. The molecule has 4 aliphatic rings. The van der Waals surface area contributed by atoms with E-state index in [-0.39, 0.29) is 0 Å². The van der Waals surface area contributed by atoms with Crippen LogP contribution in [-0.4, -0.2) is 33.9 Å². The largest absolute Gasteiger partial charge is 0.384 e. The van der Waals surface area contributed by atoms with E-state index in [2.05, 4.69) is 29.4 Å². The van der Waals surface area contributed by atoms with Gasteiger partial charge < -0.3 is 4.74 Å². The number of hydrogen-bond donors (Lipinski definition) is 0. The van der Waals surface area contributed by atoms with E-state index in [1.54, 1.807) is 0 Å². The molecule has 4 fully saturated rings. The van der Waals surface area contributed by atoms with Gasteiger partial charge in [-0.25, -0.2) is 4.68 Å². The Morgan fingerprint density at radius 3 is 2.67 bits per heavy atom. The van der Waals surface area contributed by atoms with Crippen molar-refractivity contribution < 1.29 is 4.74 Å². The first-order valence-electron chi connectivity index (χ1n) is 12.7. The molecule has 4 aliphatic carbocycles. The molecule has 0 aromatic carbocycles. The van der Waals surface area contributed by atoms with Crippen LogP contribution in [-0.2, 0) is 11.3 Å². The minimum atomic E-state index is 0.530. The summed E-state index contributed by atoms with van der Waals surface area (Å²) in [5.74, 6) is 8.22. The van der Waals surface area contributed by atoms with Crippen molar-refractivity contribution in [2.24, 2.45) is 52.8 Å². The smallest absolute Gasteiger partial charge is 0.148 e. The summed E-state index contributed by atoms with van der Waals surface area (Å²) in [5, 5.41) is 12.2. The number of fused-ring (bicyclic) bond motifs is 5. The lowest BCUT2D eigenvalue weighted by Gasteiger charge is -2.57. The van der Waals surface area contributed by atoms with Crippen LogP contribution in [0.2, 0.25) is 0 Å². The average molecular weight is 415 g/mol. The molecule has 30 heavy (non-hydrogen) atoms. The zero-order valence-electron chi connectivity index (χ0n) is 19.6. The van der Waals surface area contributed by atoms with Gasteiger partial charge in [-0.15, -0.1) is 5.10 Å². The summed E-state index contributed by atoms with van der Waals surface area (Å²) >= 11 is 0. The van der Waals surface area contributed by atoms with Crippen LogP contribution < -0.4 is 0 Å². The first kappa shape index (κ1) is 20.9. The van der Waals surface area contributed by atoms with Gasteiger partial charge >= 0.3 is 0 Å². The van der Waals surface area contributed by atoms with Crippen LogP contribution >= 0.6 is 0 Å². The summed E-state index contributed by atoms with van der Waals surface area (Å²) in [7, 11) is 1.88. The van der Waals surface area contributed by atoms with Crippen molar-refractivity contribution in [2.75, 3.05) is 13.7 Å². The summed E-state index contributed by atoms with van der Waals surface area (Å²) in [6, 6.07) is 0. The second kappa shape index (κ2) is 8.18. The molecule has 0 amide bonds. The molecule has 3 unspecified atom stereocenters. The first-order valence-corrected chi connectivity index (χ1v) is 12.7. The van der Waals surface area contributed by atoms with Gasteiger partial charge in [0.1, 0.15) is 5.82 Å². The highest BCUT2D eigenvalue weighted by atomic mass is 16.5. The Labute approximate surface area is 182 Å². The molecule has 1 aromatic heterocycles. The Morgan fingerprint density at radius 1 is 1.07 bits per heavy atom. The third-order valence-electron chi connectivity index (χ3n) is 10.4. The van der Waals surface area contributed by atoms with Gasteiger partial charge in [-0.3, -0.25) is 0 Å². The Morgan fingerprint density at radius 2 is 1.90 bits per heavy atom. The van der Waals surface area contributed by atoms with Crippen molar-refractivity contribution in [1.82, 2.24) is 20.2 Å². The Kier molecular flexibility index (Phi) is 5.70. The molecule has 1 aromatic rings. The van der Waals surface area contributed by atoms with Crippen molar-refractivity contribution >= 4 is 0 Å². The fraction of sp³-hybridized carbons (Fsp3) is 0.960. The van der Waals surface area contributed by atoms with Gasteiger partial charge in [-0.05, 0) is 128 Å². The topological polar surface area (TPSA) is 52.8 Å². The minimum absolute atomic E-state index is 0.530. The van der Waals surface area contributed by atoms with Crippen molar-refractivity contribution in [3.8, 4) is 0 Å². The van der Waals surface area contributed by atoms with E-state index in [1.807, 2.05) is 18.7 Å². The van der Waals surface area contributed by atoms with Crippen LogP contribution in [0, 0.1) is 59.7 Å². The van der Waals surface area contributed by atoms with Crippen LogP contribution in [0.1, 0.15) is 77.5 Å². The van der Waals surface area contributed by atoms with Gasteiger partial charge in [0.15, 0.2) is 0 Å². The molecule has 5 nitrogen and oxygen atoms in total. The molecule has 0 saturated heterocycles. The van der Waals surface area contributed by atoms with E-state index in [4.69, 9.17) is 4.74 Å². The van der Waals surface area contributed by atoms with Crippen LogP contribution in [0.4, 0.5) is 0 Å². The van der Waals surface area contributed by atoms with E-state index in [0.717, 1.165) is 60.4 Å². The zero-order valence-corrected chi connectivity index (χ0v) is 19.6. The standard InChI is InChI=1S/C25H42N4O/c1-16(14-29-17(2)26-27-28-29)23-9-10-24-22-8-6-19-13-18(15-30-4)5-7-20(19)21(22)11-12-25(23,24)3/h16,18-24H,5-15H2,1-4H3/t16-,18-,19+,20-,21?,22+,23?,24?,25+/m0/s1. The van der Waals surface area contributed by atoms with Gasteiger partial charge in [-0.1, -0.05) is 13.8 Å². The Hall–Kier alpha value is -0.970. The highest BCUT2D eigenvalue weighted by Gasteiger charge is 2.57. The summed E-state index contributed by atoms with van der Waals surface area (Å²) in [6.07, 6.45) is 13.1. The number of ether oxygens (including phenoxy) is 1. The summed E-state index contributed by atoms with van der Waals surface area (Å²) in [5.41, 5.74) is 0.530. The molecule has 4 saturated carbocycles. The first-order chi connectivity index (χ1) is 14.5. The molecule has 0 spiro atoms. The van der Waals surface area contributed by atoms with E-state index >= 15 is 0 Å². The van der Waals surface area contributed by atoms with Crippen molar-refractivity contribution in [3.63, 3.8) is 0 Å².